The minimum atomic E-state index is -0.129. The third kappa shape index (κ3) is 2.43. The molecular weight excluding hydrogens is 226 g/mol. The largest absolute Gasteiger partial charge is 0.330 e. The van der Waals surface area contributed by atoms with Crippen LogP contribution in [-0.2, 0) is 4.79 Å². The first-order valence-corrected chi connectivity index (χ1v) is 6.44. The lowest BCUT2D eigenvalue weighted by Gasteiger charge is -2.13. The van der Waals surface area contributed by atoms with Gasteiger partial charge < -0.3 is 5.73 Å². The number of anilines is 1. The standard InChI is InChI=1S/C14H19N3O/c1-2-6-13-12(9-10-15)14(18)17(16-13)11-7-4-3-5-8-11/h3-5,7-8,12H,2,6,9-10,15H2,1H3. The molecule has 4 heteroatoms. The van der Waals surface area contributed by atoms with Gasteiger partial charge in [-0.25, -0.2) is 5.01 Å². The van der Waals surface area contributed by atoms with Crippen molar-refractivity contribution in [1.82, 2.24) is 0 Å². The van der Waals surface area contributed by atoms with E-state index in [-0.39, 0.29) is 11.8 Å². The molecular formula is C14H19N3O. The first-order chi connectivity index (χ1) is 8.77. The lowest BCUT2D eigenvalue weighted by molar-refractivity contribution is -0.119. The molecule has 1 unspecified atom stereocenters. The number of para-hydroxylation sites is 1. The van der Waals surface area contributed by atoms with Crippen LogP contribution < -0.4 is 10.7 Å². The third-order valence-corrected chi connectivity index (χ3v) is 3.10. The summed E-state index contributed by atoms with van der Waals surface area (Å²) in [4.78, 5) is 12.3. The van der Waals surface area contributed by atoms with Crippen molar-refractivity contribution in [1.29, 1.82) is 0 Å². The van der Waals surface area contributed by atoms with Crippen LogP contribution in [0.4, 0.5) is 5.69 Å². The predicted molar refractivity (Wildman–Crippen MR) is 73.4 cm³/mol. The SMILES string of the molecule is CCCC1=NN(c2ccccc2)C(=O)C1CCN. The summed E-state index contributed by atoms with van der Waals surface area (Å²) in [5, 5.41) is 5.99. The van der Waals surface area contributed by atoms with E-state index in [0.29, 0.717) is 13.0 Å². The highest BCUT2D eigenvalue weighted by molar-refractivity contribution is 6.15. The number of nitrogens with zero attached hydrogens (tertiary/aromatic N) is 2. The molecule has 0 spiro atoms. The molecule has 0 aliphatic carbocycles. The van der Waals surface area contributed by atoms with E-state index in [0.717, 1.165) is 24.2 Å². The molecule has 0 saturated carbocycles. The number of hydrogen-bond acceptors (Lipinski definition) is 3. The van der Waals surface area contributed by atoms with Crippen molar-refractivity contribution in [2.75, 3.05) is 11.6 Å². The van der Waals surface area contributed by atoms with Crippen LogP contribution in [0.5, 0.6) is 0 Å². The van der Waals surface area contributed by atoms with E-state index < -0.39 is 0 Å². The van der Waals surface area contributed by atoms with Gasteiger partial charge in [-0.1, -0.05) is 31.5 Å². The van der Waals surface area contributed by atoms with Gasteiger partial charge in [-0.05, 0) is 31.5 Å². The number of carbonyl (C=O) groups is 1. The summed E-state index contributed by atoms with van der Waals surface area (Å²) >= 11 is 0. The molecule has 0 fully saturated rings. The Morgan fingerprint density at radius 1 is 1.33 bits per heavy atom. The molecule has 0 bridgehead atoms. The topological polar surface area (TPSA) is 58.7 Å². The lowest BCUT2D eigenvalue weighted by atomic mass is 9.96. The molecule has 1 aromatic rings. The second-order valence-electron chi connectivity index (χ2n) is 4.46. The van der Waals surface area contributed by atoms with Gasteiger partial charge in [0.25, 0.3) is 5.91 Å². The van der Waals surface area contributed by atoms with E-state index in [1.807, 2.05) is 30.3 Å². The number of rotatable bonds is 5. The number of hydrogen-bond donors (Lipinski definition) is 1. The molecule has 2 rings (SSSR count). The summed E-state index contributed by atoms with van der Waals surface area (Å²) in [6, 6.07) is 9.55. The maximum atomic E-state index is 12.3. The summed E-state index contributed by atoms with van der Waals surface area (Å²) in [5.41, 5.74) is 7.39. The molecule has 1 aromatic carbocycles. The summed E-state index contributed by atoms with van der Waals surface area (Å²) in [7, 11) is 0. The zero-order valence-corrected chi connectivity index (χ0v) is 10.7. The van der Waals surface area contributed by atoms with Crippen LogP contribution in [0, 0.1) is 5.92 Å². The van der Waals surface area contributed by atoms with E-state index in [2.05, 4.69) is 12.0 Å². The fourth-order valence-electron chi connectivity index (χ4n) is 2.23. The van der Waals surface area contributed by atoms with Crippen LogP contribution in [0.2, 0.25) is 0 Å². The third-order valence-electron chi connectivity index (χ3n) is 3.10. The Labute approximate surface area is 107 Å². The Bertz CT molecular complexity index is 442. The quantitative estimate of drug-likeness (QED) is 0.864. The number of carbonyl (C=O) groups excluding carboxylic acids is 1. The minimum Gasteiger partial charge on any atom is -0.330 e. The van der Waals surface area contributed by atoms with E-state index in [4.69, 9.17) is 5.73 Å². The molecule has 1 aliphatic heterocycles. The zero-order valence-electron chi connectivity index (χ0n) is 10.7. The van der Waals surface area contributed by atoms with Crippen molar-refractivity contribution >= 4 is 17.3 Å². The Morgan fingerprint density at radius 2 is 2.06 bits per heavy atom. The molecule has 4 nitrogen and oxygen atoms in total. The second-order valence-corrected chi connectivity index (χ2v) is 4.46. The average molecular weight is 245 g/mol. The van der Waals surface area contributed by atoms with E-state index in [9.17, 15) is 4.79 Å². The maximum absolute atomic E-state index is 12.3. The van der Waals surface area contributed by atoms with Gasteiger partial charge in [-0.3, -0.25) is 4.79 Å². The Hall–Kier alpha value is -1.68. The molecule has 1 heterocycles. The van der Waals surface area contributed by atoms with Gasteiger partial charge in [-0.2, -0.15) is 5.10 Å². The molecule has 1 aliphatic rings. The van der Waals surface area contributed by atoms with Crippen LogP contribution in [0.1, 0.15) is 26.2 Å². The van der Waals surface area contributed by atoms with E-state index in [1.165, 1.54) is 5.01 Å². The number of benzene rings is 1. The summed E-state index contributed by atoms with van der Waals surface area (Å²) in [6.45, 7) is 2.61. The van der Waals surface area contributed by atoms with Crippen molar-refractivity contribution in [2.24, 2.45) is 16.8 Å². The Morgan fingerprint density at radius 3 is 2.67 bits per heavy atom. The van der Waals surface area contributed by atoms with Crippen molar-refractivity contribution in [3.63, 3.8) is 0 Å². The normalized spacial score (nSPS) is 19.2. The van der Waals surface area contributed by atoms with Crippen molar-refractivity contribution < 1.29 is 4.79 Å². The average Bonchev–Trinajstić information content (AvgIpc) is 2.70. The molecule has 18 heavy (non-hydrogen) atoms. The van der Waals surface area contributed by atoms with Crippen LogP contribution in [0.25, 0.3) is 0 Å². The highest BCUT2D eigenvalue weighted by Gasteiger charge is 2.35. The second kappa shape index (κ2) is 5.78. The highest BCUT2D eigenvalue weighted by Crippen LogP contribution is 2.26. The first kappa shape index (κ1) is 12.8. The van der Waals surface area contributed by atoms with Crippen molar-refractivity contribution in [3.05, 3.63) is 30.3 Å². The summed E-state index contributed by atoms with van der Waals surface area (Å²) in [5.74, 6) is -0.0785. The highest BCUT2D eigenvalue weighted by atomic mass is 16.2. The van der Waals surface area contributed by atoms with Gasteiger partial charge in [0.1, 0.15) is 0 Å². The Kier molecular flexibility index (Phi) is 4.10. The smallest absolute Gasteiger partial charge is 0.256 e. The van der Waals surface area contributed by atoms with Crippen LogP contribution >= 0.6 is 0 Å². The first-order valence-electron chi connectivity index (χ1n) is 6.44. The summed E-state index contributed by atoms with van der Waals surface area (Å²) in [6.07, 6.45) is 2.54. The molecule has 2 N–H and O–H groups in total. The van der Waals surface area contributed by atoms with Crippen molar-refractivity contribution in [3.8, 4) is 0 Å². The number of nitrogens with two attached hydrogens (primary N) is 1. The van der Waals surface area contributed by atoms with E-state index in [1.54, 1.807) is 0 Å². The van der Waals surface area contributed by atoms with Gasteiger partial charge in [0.15, 0.2) is 0 Å². The number of hydrazone groups is 1. The van der Waals surface area contributed by atoms with Gasteiger partial charge in [0, 0.05) is 0 Å². The molecule has 1 amide bonds. The lowest BCUT2D eigenvalue weighted by Crippen LogP contribution is -2.29. The van der Waals surface area contributed by atoms with Gasteiger partial charge >= 0.3 is 0 Å². The van der Waals surface area contributed by atoms with Crippen molar-refractivity contribution in [2.45, 2.75) is 26.2 Å². The van der Waals surface area contributed by atoms with Crippen LogP contribution in [0.15, 0.2) is 35.4 Å². The minimum absolute atomic E-state index is 0.0510. The fraction of sp³-hybridized carbons (Fsp3) is 0.429. The fourth-order valence-corrected chi connectivity index (χ4v) is 2.23. The van der Waals surface area contributed by atoms with Crippen LogP contribution in [0.3, 0.4) is 0 Å². The van der Waals surface area contributed by atoms with Gasteiger partial charge in [0.2, 0.25) is 0 Å². The van der Waals surface area contributed by atoms with Gasteiger partial charge in [-0.15, -0.1) is 0 Å². The summed E-state index contributed by atoms with van der Waals surface area (Å²) < 4.78 is 0. The monoisotopic (exact) mass is 245 g/mol. The van der Waals surface area contributed by atoms with Crippen LogP contribution in [-0.4, -0.2) is 18.2 Å². The molecule has 0 radical (unpaired) electrons. The van der Waals surface area contributed by atoms with Gasteiger partial charge in [0.05, 0.1) is 17.3 Å². The molecule has 0 aromatic heterocycles. The Balaban J connectivity index is 2.25. The molecule has 0 saturated heterocycles. The molecule has 96 valence electrons. The zero-order chi connectivity index (χ0) is 13.0. The molecule has 1 atom stereocenters. The predicted octanol–water partition coefficient (Wildman–Crippen LogP) is 2.15. The van der Waals surface area contributed by atoms with E-state index >= 15 is 0 Å². The maximum Gasteiger partial charge on any atom is 0.256 e. The number of amides is 1.